The molecule has 0 fully saturated rings. The Hall–Kier alpha value is -0.610. The summed E-state index contributed by atoms with van der Waals surface area (Å²) in [5.41, 5.74) is -1.25. The molecule has 2 unspecified atom stereocenters. The highest BCUT2D eigenvalue weighted by Gasteiger charge is 2.17. The van der Waals surface area contributed by atoms with Crippen LogP contribution in [0.1, 0.15) is 11.0 Å². The number of fused-ring (bicyclic) bond motifs is 1. The van der Waals surface area contributed by atoms with Gasteiger partial charge in [0, 0.05) is 9.58 Å². The van der Waals surface area contributed by atoms with Crippen LogP contribution in [-0.4, -0.2) is 15.8 Å². The SMILES string of the molecule is OC(Cl)C(O)c1cc2ccccc2s1. The molecule has 0 spiro atoms. The maximum atomic E-state index is 9.53. The van der Waals surface area contributed by atoms with Gasteiger partial charge >= 0.3 is 0 Å². The minimum absolute atomic E-state index is 0.689. The maximum absolute atomic E-state index is 9.53. The molecule has 1 aromatic heterocycles. The van der Waals surface area contributed by atoms with E-state index in [-0.39, 0.29) is 0 Å². The average Bonchev–Trinajstić information content (AvgIpc) is 2.59. The smallest absolute Gasteiger partial charge is 0.158 e. The van der Waals surface area contributed by atoms with Crippen LogP contribution in [0.15, 0.2) is 30.3 Å². The van der Waals surface area contributed by atoms with E-state index >= 15 is 0 Å². The van der Waals surface area contributed by atoms with E-state index in [4.69, 9.17) is 16.7 Å². The number of halogens is 1. The summed E-state index contributed by atoms with van der Waals surface area (Å²) in [6, 6.07) is 9.64. The number of aliphatic hydroxyl groups excluding tert-OH is 2. The predicted octanol–water partition coefficient (Wildman–Crippen LogP) is 2.49. The van der Waals surface area contributed by atoms with Gasteiger partial charge in [0.05, 0.1) is 0 Å². The summed E-state index contributed by atoms with van der Waals surface area (Å²) in [7, 11) is 0. The summed E-state index contributed by atoms with van der Waals surface area (Å²) in [6.45, 7) is 0. The summed E-state index contributed by atoms with van der Waals surface area (Å²) in [5.74, 6) is 0. The first kappa shape index (κ1) is 9.93. The van der Waals surface area contributed by atoms with Crippen LogP contribution in [0.25, 0.3) is 10.1 Å². The molecule has 0 aliphatic rings. The van der Waals surface area contributed by atoms with Crippen molar-refractivity contribution in [3.05, 3.63) is 35.2 Å². The number of hydrogen-bond donors (Lipinski definition) is 2. The van der Waals surface area contributed by atoms with Crippen LogP contribution < -0.4 is 0 Å². The van der Waals surface area contributed by atoms with Gasteiger partial charge in [0.2, 0.25) is 0 Å². The normalized spacial score (nSPS) is 15.6. The van der Waals surface area contributed by atoms with Crippen LogP contribution in [0.2, 0.25) is 0 Å². The lowest BCUT2D eigenvalue weighted by Crippen LogP contribution is -2.09. The van der Waals surface area contributed by atoms with Crippen molar-refractivity contribution in [2.45, 2.75) is 11.7 Å². The minimum Gasteiger partial charge on any atom is -0.384 e. The topological polar surface area (TPSA) is 40.5 Å². The fourth-order valence-corrected chi connectivity index (χ4v) is 2.58. The molecule has 2 N–H and O–H groups in total. The molecule has 2 atom stereocenters. The van der Waals surface area contributed by atoms with Gasteiger partial charge in [-0.3, -0.25) is 0 Å². The number of thiophene rings is 1. The van der Waals surface area contributed by atoms with E-state index in [2.05, 4.69) is 0 Å². The van der Waals surface area contributed by atoms with Crippen molar-refractivity contribution in [1.82, 2.24) is 0 Å². The molecule has 1 aromatic carbocycles. The van der Waals surface area contributed by atoms with E-state index in [0.29, 0.717) is 4.88 Å². The van der Waals surface area contributed by atoms with Crippen molar-refractivity contribution in [3.8, 4) is 0 Å². The summed E-state index contributed by atoms with van der Waals surface area (Å²) >= 11 is 6.84. The average molecular weight is 229 g/mol. The zero-order valence-corrected chi connectivity index (χ0v) is 8.79. The Kier molecular flexibility index (Phi) is 2.74. The molecule has 0 saturated heterocycles. The van der Waals surface area contributed by atoms with Crippen molar-refractivity contribution in [2.24, 2.45) is 0 Å². The first-order chi connectivity index (χ1) is 6.68. The quantitative estimate of drug-likeness (QED) is 0.776. The Bertz CT molecular complexity index is 405. The van der Waals surface area contributed by atoms with Gasteiger partial charge in [-0.1, -0.05) is 29.8 Å². The van der Waals surface area contributed by atoms with Crippen LogP contribution in [-0.2, 0) is 0 Å². The Morgan fingerprint density at radius 2 is 1.93 bits per heavy atom. The number of aliphatic hydroxyl groups is 2. The van der Waals surface area contributed by atoms with Crippen molar-refractivity contribution >= 4 is 33.0 Å². The molecule has 1 heterocycles. The lowest BCUT2D eigenvalue weighted by molar-refractivity contribution is 0.0713. The standard InChI is InChI=1S/C10H9ClO2S/c11-10(13)9(12)8-5-6-3-1-2-4-7(6)14-8/h1-5,9-10,12-13H. The third-order valence-electron chi connectivity index (χ3n) is 2.00. The summed E-state index contributed by atoms with van der Waals surface area (Å²) in [5, 5.41) is 19.6. The van der Waals surface area contributed by atoms with Crippen molar-refractivity contribution < 1.29 is 10.2 Å². The fourth-order valence-electron chi connectivity index (χ4n) is 1.28. The second kappa shape index (κ2) is 3.87. The monoisotopic (exact) mass is 228 g/mol. The molecule has 0 aliphatic carbocycles. The van der Waals surface area contributed by atoms with Crippen LogP contribution in [0.3, 0.4) is 0 Å². The molecule has 0 saturated carbocycles. The van der Waals surface area contributed by atoms with E-state index in [0.717, 1.165) is 10.1 Å². The van der Waals surface area contributed by atoms with Crippen LogP contribution in [0.4, 0.5) is 0 Å². The maximum Gasteiger partial charge on any atom is 0.158 e. The van der Waals surface area contributed by atoms with Gasteiger partial charge in [-0.25, -0.2) is 0 Å². The molecule has 2 nitrogen and oxygen atoms in total. The first-order valence-corrected chi connectivity index (χ1v) is 5.42. The zero-order valence-electron chi connectivity index (χ0n) is 7.22. The third kappa shape index (κ3) is 1.77. The number of rotatable bonds is 2. The number of alkyl halides is 1. The molecule has 2 aromatic rings. The van der Waals surface area contributed by atoms with Gasteiger partial charge in [-0.2, -0.15) is 0 Å². The zero-order chi connectivity index (χ0) is 10.1. The van der Waals surface area contributed by atoms with Gasteiger partial charge in [0.1, 0.15) is 6.10 Å². The van der Waals surface area contributed by atoms with Crippen molar-refractivity contribution in [3.63, 3.8) is 0 Å². The fraction of sp³-hybridized carbons (Fsp3) is 0.200. The minimum atomic E-state index is -1.25. The Morgan fingerprint density at radius 1 is 1.21 bits per heavy atom. The Morgan fingerprint density at radius 3 is 2.57 bits per heavy atom. The second-order valence-corrected chi connectivity index (χ2v) is 4.57. The predicted molar refractivity (Wildman–Crippen MR) is 58.6 cm³/mol. The van der Waals surface area contributed by atoms with E-state index < -0.39 is 11.7 Å². The number of benzene rings is 1. The Labute approximate surface area is 90.4 Å². The molecule has 0 amide bonds. The molecular weight excluding hydrogens is 220 g/mol. The summed E-state index contributed by atoms with van der Waals surface area (Å²) in [4.78, 5) is 0.689. The summed E-state index contributed by atoms with van der Waals surface area (Å²) < 4.78 is 1.08. The molecule has 0 bridgehead atoms. The van der Waals surface area contributed by atoms with Gasteiger partial charge in [0.25, 0.3) is 0 Å². The lowest BCUT2D eigenvalue weighted by Gasteiger charge is -2.08. The highest BCUT2D eigenvalue weighted by molar-refractivity contribution is 7.19. The first-order valence-electron chi connectivity index (χ1n) is 4.17. The molecule has 0 radical (unpaired) electrons. The largest absolute Gasteiger partial charge is 0.384 e. The molecule has 74 valence electrons. The second-order valence-electron chi connectivity index (χ2n) is 3.00. The Balaban J connectivity index is 2.45. The van der Waals surface area contributed by atoms with E-state index in [9.17, 15) is 5.11 Å². The molecular formula is C10H9ClO2S. The van der Waals surface area contributed by atoms with Gasteiger partial charge < -0.3 is 10.2 Å². The van der Waals surface area contributed by atoms with Gasteiger partial charge in [-0.05, 0) is 17.5 Å². The van der Waals surface area contributed by atoms with Crippen LogP contribution in [0, 0.1) is 0 Å². The molecule has 0 aliphatic heterocycles. The van der Waals surface area contributed by atoms with Crippen molar-refractivity contribution in [2.75, 3.05) is 0 Å². The highest BCUT2D eigenvalue weighted by atomic mass is 35.5. The van der Waals surface area contributed by atoms with E-state index in [1.807, 2.05) is 30.3 Å². The van der Waals surface area contributed by atoms with Crippen LogP contribution in [0.5, 0.6) is 0 Å². The number of hydrogen-bond acceptors (Lipinski definition) is 3. The molecule has 4 heteroatoms. The molecule has 2 rings (SSSR count). The summed E-state index contributed by atoms with van der Waals surface area (Å²) in [6.07, 6.45) is -1.01. The third-order valence-corrected chi connectivity index (χ3v) is 3.42. The van der Waals surface area contributed by atoms with E-state index in [1.54, 1.807) is 0 Å². The highest BCUT2D eigenvalue weighted by Crippen LogP contribution is 2.31. The van der Waals surface area contributed by atoms with Gasteiger partial charge in [-0.15, -0.1) is 11.3 Å². The van der Waals surface area contributed by atoms with Gasteiger partial charge in [0.15, 0.2) is 5.56 Å². The lowest BCUT2D eigenvalue weighted by atomic mass is 10.2. The van der Waals surface area contributed by atoms with Crippen molar-refractivity contribution in [1.29, 1.82) is 0 Å². The van der Waals surface area contributed by atoms with Crippen LogP contribution >= 0.6 is 22.9 Å². The molecule has 14 heavy (non-hydrogen) atoms. The van der Waals surface area contributed by atoms with E-state index in [1.165, 1.54) is 11.3 Å².